The Kier molecular flexibility index (Phi) is 6.49. The van der Waals surface area contributed by atoms with Crippen LogP contribution in [-0.2, 0) is 6.42 Å². The van der Waals surface area contributed by atoms with Crippen molar-refractivity contribution in [2.24, 2.45) is 0 Å². The van der Waals surface area contributed by atoms with E-state index in [-0.39, 0.29) is 18.7 Å². The molecule has 2 amide bonds. The number of urea groups is 1. The van der Waals surface area contributed by atoms with Gasteiger partial charge < -0.3 is 15.7 Å². The lowest BCUT2D eigenvalue weighted by molar-refractivity contribution is 0.162. The molecule has 114 valence electrons. The van der Waals surface area contributed by atoms with E-state index in [0.717, 1.165) is 19.3 Å². The third kappa shape index (κ3) is 5.51. The Morgan fingerprint density at radius 2 is 2.20 bits per heavy atom. The van der Waals surface area contributed by atoms with Crippen molar-refractivity contribution in [2.75, 3.05) is 6.61 Å². The van der Waals surface area contributed by atoms with Crippen molar-refractivity contribution < 1.29 is 9.90 Å². The summed E-state index contributed by atoms with van der Waals surface area (Å²) in [6.45, 7) is 7.92. The Bertz CT molecular complexity index is 433. The minimum Gasteiger partial charge on any atom is -0.394 e. The zero-order valence-corrected chi connectivity index (χ0v) is 13.6. The number of carbonyl (C=O) groups excluding carboxylic acids is 1. The minimum absolute atomic E-state index is 0.0488. The summed E-state index contributed by atoms with van der Waals surface area (Å²) in [7, 11) is 0. The van der Waals surface area contributed by atoms with Crippen molar-refractivity contribution in [1.82, 2.24) is 10.6 Å². The third-order valence-electron chi connectivity index (χ3n) is 3.25. The van der Waals surface area contributed by atoms with Crippen LogP contribution in [0.5, 0.6) is 0 Å². The summed E-state index contributed by atoms with van der Waals surface area (Å²) in [6.07, 6.45) is 2.51. The van der Waals surface area contributed by atoms with E-state index in [4.69, 9.17) is 0 Å². The molecular formula is C15H26N2O2S. The lowest BCUT2D eigenvalue weighted by Gasteiger charge is -2.29. The van der Waals surface area contributed by atoms with Crippen LogP contribution < -0.4 is 10.6 Å². The molecule has 1 rings (SSSR count). The topological polar surface area (TPSA) is 61.4 Å². The molecule has 3 N–H and O–H groups in total. The van der Waals surface area contributed by atoms with E-state index in [2.05, 4.69) is 29.7 Å². The van der Waals surface area contributed by atoms with Crippen LogP contribution >= 0.6 is 11.3 Å². The van der Waals surface area contributed by atoms with E-state index in [1.807, 2.05) is 20.8 Å². The number of aliphatic hydroxyl groups is 1. The average molecular weight is 298 g/mol. The highest BCUT2D eigenvalue weighted by molar-refractivity contribution is 7.11. The molecule has 2 unspecified atom stereocenters. The Balaban J connectivity index is 2.44. The molecule has 5 heteroatoms. The summed E-state index contributed by atoms with van der Waals surface area (Å²) >= 11 is 1.76. The first-order valence-electron chi connectivity index (χ1n) is 7.13. The van der Waals surface area contributed by atoms with Crippen LogP contribution in [0.4, 0.5) is 4.79 Å². The fourth-order valence-electron chi connectivity index (χ4n) is 2.21. The molecule has 0 aliphatic carbocycles. The summed E-state index contributed by atoms with van der Waals surface area (Å²) in [4.78, 5) is 14.5. The van der Waals surface area contributed by atoms with E-state index < -0.39 is 5.54 Å². The van der Waals surface area contributed by atoms with Crippen molar-refractivity contribution >= 4 is 17.4 Å². The number of hydrogen-bond acceptors (Lipinski definition) is 3. The zero-order chi connectivity index (χ0) is 15.2. The molecule has 0 aromatic carbocycles. The van der Waals surface area contributed by atoms with Gasteiger partial charge in [0.05, 0.1) is 12.1 Å². The predicted molar refractivity (Wildman–Crippen MR) is 84.3 cm³/mol. The molecule has 2 atom stereocenters. The highest BCUT2D eigenvalue weighted by Gasteiger charge is 2.24. The van der Waals surface area contributed by atoms with Gasteiger partial charge in [-0.2, -0.15) is 0 Å². The molecule has 20 heavy (non-hydrogen) atoms. The van der Waals surface area contributed by atoms with Gasteiger partial charge in [-0.1, -0.05) is 13.3 Å². The van der Waals surface area contributed by atoms with Crippen LogP contribution in [0.2, 0.25) is 0 Å². The lowest BCUT2D eigenvalue weighted by Crippen LogP contribution is -2.54. The first-order valence-corrected chi connectivity index (χ1v) is 7.95. The Hall–Kier alpha value is -1.07. The van der Waals surface area contributed by atoms with Crippen molar-refractivity contribution in [3.8, 4) is 0 Å². The molecule has 4 nitrogen and oxygen atoms in total. The van der Waals surface area contributed by atoms with Gasteiger partial charge in [-0.05, 0) is 39.3 Å². The monoisotopic (exact) mass is 298 g/mol. The Morgan fingerprint density at radius 3 is 2.70 bits per heavy atom. The molecule has 0 bridgehead atoms. The van der Waals surface area contributed by atoms with Crippen molar-refractivity contribution in [1.29, 1.82) is 0 Å². The van der Waals surface area contributed by atoms with Gasteiger partial charge in [-0.25, -0.2) is 4.79 Å². The van der Waals surface area contributed by atoms with Gasteiger partial charge in [0, 0.05) is 22.2 Å². The molecule has 0 fully saturated rings. The SMILES string of the molecule is CCCC(C)(CO)NC(=O)NC(C)Cc1ccc(C)s1. The van der Waals surface area contributed by atoms with Crippen LogP contribution in [0.15, 0.2) is 12.1 Å². The number of amides is 2. The average Bonchev–Trinajstić information content (AvgIpc) is 2.74. The van der Waals surface area contributed by atoms with Crippen molar-refractivity contribution in [3.63, 3.8) is 0 Å². The number of aliphatic hydroxyl groups excluding tert-OH is 1. The normalized spacial score (nSPS) is 15.4. The van der Waals surface area contributed by atoms with Gasteiger partial charge >= 0.3 is 6.03 Å². The van der Waals surface area contributed by atoms with E-state index in [1.165, 1.54) is 9.75 Å². The summed E-state index contributed by atoms with van der Waals surface area (Å²) < 4.78 is 0. The van der Waals surface area contributed by atoms with Crippen LogP contribution in [0.1, 0.15) is 43.4 Å². The van der Waals surface area contributed by atoms with E-state index in [0.29, 0.717) is 0 Å². The number of hydrogen-bond donors (Lipinski definition) is 3. The van der Waals surface area contributed by atoms with E-state index in [1.54, 1.807) is 11.3 Å². The van der Waals surface area contributed by atoms with Crippen molar-refractivity contribution in [3.05, 3.63) is 21.9 Å². The molecule has 0 saturated carbocycles. The number of nitrogens with one attached hydrogen (secondary N) is 2. The first-order chi connectivity index (χ1) is 9.38. The smallest absolute Gasteiger partial charge is 0.315 e. The summed E-state index contributed by atoms with van der Waals surface area (Å²) in [5.41, 5.74) is -0.544. The second-order valence-electron chi connectivity index (χ2n) is 5.68. The van der Waals surface area contributed by atoms with Crippen LogP contribution in [0.3, 0.4) is 0 Å². The van der Waals surface area contributed by atoms with E-state index in [9.17, 15) is 9.90 Å². The molecule has 0 aliphatic heterocycles. The van der Waals surface area contributed by atoms with Gasteiger partial charge in [0.1, 0.15) is 0 Å². The Morgan fingerprint density at radius 1 is 1.50 bits per heavy atom. The number of rotatable bonds is 7. The molecule has 0 spiro atoms. The molecule has 0 radical (unpaired) electrons. The molecular weight excluding hydrogens is 272 g/mol. The quantitative estimate of drug-likeness (QED) is 0.725. The highest BCUT2D eigenvalue weighted by atomic mass is 32.1. The largest absolute Gasteiger partial charge is 0.394 e. The zero-order valence-electron chi connectivity index (χ0n) is 12.8. The highest BCUT2D eigenvalue weighted by Crippen LogP contribution is 2.17. The summed E-state index contributed by atoms with van der Waals surface area (Å²) in [5.74, 6) is 0. The van der Waals surface area contributed by atoms with Crippen LogP contribution in [0, 0.1) is 6.92 Å². The number of thiophene rings is 1. The first kappa shape index (κ1) is 17.0. The second kappa shape index (κ2) is 7.64. The fourth-order valence-corrected chi connectivity index (χ4v) is 3.23. The minimum atomic E-state index is -0.544. The maximum atomic E-state index is 12.0. The Labute approximate surface area is 125 Å². The molecule has 1 aromatic rings. The third-order valence-corrected chi connectivity index (χ3v) is 4.27. The van der Waals surface area contributed by atoms with E-state index >= 15 is 0 Å². The number of carbonyl (C=O) groups is 1. The molecule has 0 aliphatic rings. The van der Waals surface area contributed by atoms with Gasteiger partial charge in [-0.3, -0.25) is 0 Å². The standard InChI is InChI=1S/C15H26N2O2S/c1-5-8-15(4,10-18)17-14(19)16-11(2)9-13-7-6-12(3)20-13/h6-7,11,18H,5,8-10H2,1-4H3,(H2,16,17,19). The van der Waals surface area contributed by atoms with Gasteiger partial charge in [-0.15, -0.1) is 11.3 Å². The van der Waals surface area contributed by atoms with Gasteiger partial charge in [0.2, 0.25) is 0 Å². The second-order valence-corrected chi connectivity index (χ2v) is 7.06. The maximum Gasteiger partial charge on any atom is 0.315 e. The maximum absolute atomic E-state index is 12.0. The summed E-state index contributed by atoms with van der Waals surface area (Å²) in [6, 6.07) is 4.05. The lowest BCUT2D eigenvalue weighted by atomic mass is 9.97. The molecule has 1 aromatic heterocycles. The number of aryl methyl sites for hydroxylation is 1. The van der Waals surface area contributed by atoms with Crippen molar-refractivity contribution in [2.45, 2.75) is 58.5 Å². The molecule has 1 heterocycles. The molecule has 0 saturated heterocycles. The van der Waals surface area contributed by atoms with Gasteiger partial charge in [0.15, 0.2) is 0 Å². The fraction of sp³-hybridized carbons (Fsp3) is 0.667. The van der Waals surface area contributed by atoms with Crippen LogP contribution in [-0.4, -0.2) is 29.3 Å². The summed E-state index contributed by atoms with van der Waals surface area (Å²) in [5, 5.41) is 15.2. The van der Waals surface area contributed by atoms with Gasteiger partial charge in [0.25, 0.3) is 0 Å². The predicted octanol–water partition coefficient (Wildman–Crippen LogP) is 2.84. The van der Waals surface area contributed by atoms with Crippen LogP contribution in [0.25, 0.3) is 0 Å².